The first kappa shape index (κ1) is 17.5. The number of nitrogens with one attached hydrogen (secondary N) is 1. The van der Waals surface area contributed by atoms with Crippen LogP contribution < -0.4 is 0 Å². The van der Waals surface area contributed by atoms with Crippen molar-refractivity contribution >= 4 is 5.91 Å². The molecule has 2 aromatic rings. The Balaban J connectivity index is 1.69. The second kappa shape index (κ2) is 6.17. The Morgan fingerprint density at radius 3 is 2.56 bits per heavy atom. The van der Waals surface area contributed by atoms with Gasteiger partial charge in [0.15, 0.2) is 0 Å². The van der Waals surface area contributed by atoms with Gasteiger partial charge in [-0.25, -0.2) is 9.67 Å². The van der Waals surface area contributed by atoms with Gasteiger partial charge >= 0.3 is 6.18 Å². The number of rotatable bonds is 3. The van der Waals surface area contributed by atoms with Gasteiger partial charge in [-0.05, 0) is 25.8 Å². The monoisotopic (exact) mass is 357 g/mol. The van der Waals surface area contributed by atoms with Crippen molar-refractivity contribution in [1.82, 2.24) is 24.6 Å². The fraction of sp³-hybridized carbons (Fsp3) is 0.533. The van der Waals surface area contributed by atoms with Crippen LogP contribution in [0.1, 0.15) is 31.4 Å². The van der Waals surface area contributed by atoms with E-state index in [4.69, 9.17) is 0 Å². The number of amides is 1. The van der Waals surface area contributed by atoms with Crippen molar-refractivity contribution < 1.29 is 23.1 Å². The van der Waals surface area contributed by atoms with E-state index in [0.717, 1.165) is 10.6 Å². The van der Waals surface area contributed by atoms with Gasteiger partial charge in [-0.2, -0.15) is 18.3 Å². The zero-order chi connectivity index (χ0) is 18.2. The number of aliphatic hydroxyl groups is 1. The van der Waals surface area contributed by atoms with Crippen LogP contribution >= 0.6 is 0 Å². The Bertz CT molecular complexity index is 731. The molecule has 1 aliphatic heterocycles. The highest BCUT2D eigenvalue weighted by molar-refractivity contribution is 5.85. The summed E-state index contributed by atoms with van der Waals surface area (Å²) in [5.74, 6) is -0.719. The third kappa shape index (κ3) is 3.13. The maximum absolute atomic E-state index is 12.8. The van der Waals surface area contributed by atoms with Crippen LogP contribution in [-0.2, 0) is 4.79 Å². The lowest BCUT2D eigenvalue weighted by Gasteiger charge is -2.36. The van der Waals surface area contributed by atoms with Crippen LogP contribution in [0.3, 0.4) is 0 Å². The lowest BCUT2D eigenvalue weighted by Crippen LogP contribution is -2.57. The summed E-state index contributed by atoms with van der Waals surface area (Å²) in [7, 11) is 0. The molecule has 10 heteroatoms. The molecule has 1 aliphatic rings. The summed E-state index contributed by atoms with van der Waals surface area (Å²) in [6, 6.07) is 1.83. The van der Waals surface area contributed by atoms with Gasteiger partial charge in [-0.3, -0.25) is 4.79 Å². The van der Waals surface area contributed by atoms with Gasteiger partial charge in [0.2, 0.25) is 11.5 Å². The second-order valence-corrected chi connectivity index (χ2v) is 6.22. The standard InChI is InChI=1S/C15H18F3N5O2/c1-14(25,15(16,17)18)12(24)22-8-3-10(4-9-22)11-2-5-21-23(11)13-19-6-7-20-13/h2,5-7,10,25H,3-4,8-9H2,1H3,(H,19,20). The van der Waals surface area contributed by atoms with Crippen LogP contribution in [0.15, 0.2) is 24.7 Å². The first-order valence-corrected chi connectivity index (χ1v) is 7.84. The Hall–Kier alpha value is -2.36. The second-order valence-electron chi connectivity index (χ2n) is 6.22. The maximum atomic E-state index is 12.8. The molecule has 1 atom stereocenters. The molecular weight excluding hydrogens is 339 g/mol. The fourth-order valence-electron chi connectivity index (χ4n) is 2.98. The van der Waals surface area contributed by atoms with Gasteiger partial charge in [0.1, 0.15) is 0 Å². The van der Waals surface area contributed by atoms with Crippen LogP contribution in [0.5, 0.6) is 0 Å². The zero-order valence-electron chi connectivity index (χ0n) is 13.5. The van der Waals surface area contributed by atoms with E-state index in [9.17, 15) is 23.1 Å². The molecule has 3 heterocycles. The molecule has 1 amide bonds. The average molecular weight is 357 g/mol. The van der Waals surface area contributed by atoms with Gasteiger partial charge in [0.05, 0.1) is 5.69 Å². The third-order valence-electron chi connectivity index (χ3n) is 4.53. The minimum Gasteiger partial charge on any atom is -0.373 e. The lowest BCUT2D eigenvalue weighted by atomic mass is 9.92. The topological polar surface area (TPSA) is 87.0 Å². The van der Waals surface area contributed by atoms with Crippen LogP contribution in [-0.4, -0.2) is 60.5 Å². The van der Waals surface area contributed by atoms with Crippen LogP contribution in [0.4, 0.5) is 13.2 Å². The molecule has 3 rings (SSSR count). The normalized spacial score (nSPS) is 19.0. The quantitative estimate of drug-likeness (QED) is 0.874. The summed E-state index contributed by atoms with van der Waals surface area (Å²) in [6.07, 6.45) is 0.851. The summed E-state index contributed by atoms with van der Waals surface area (Å²) in [5, 5.41) is 13.8. The highest BCUT2D eigenvalue weighted by Crippen LogP contribution is 2.34. The van der Waals surface area contributed by atoms with Crippen molar-refractivity contribution in [2.75, 3.05) is 13.1 Å². The van der Waals surface area contributed by atoms with Gasteiger partial charge in [-0.1, -0.05) is 0 Å². The first-order valence-electron chi connectivity index (χ1n) is 7.84. The number of likely N-dealkylation sites (tertiary alicyclic amines) is 1. The molecule has 0 aromatic carbocycles. The summed E-state index contributed by atoms with van der Waals surface area (Å²) >= 11 is 0. The SMILES string of the molecule is CC(O)(C(=O)N1CCC(c2ccnn2-c2ncc[nH]2)CC1)C(F)(F)F. The molecule has 136 valence electrons. The molecule has 2 aromatic heterocycles. The molecule has 0 aliphatic carbocycles. The van der Waals surface area contributed by atoms with Crippen molar-refractivity contribution in [2.45, 2.75) is 37.5 Å². The van der Waals surface area contributed by atoms with E-state index in [2.05, 4.69) is 15.1 Å². The van der Waals surface area contributed by atoms with Gasteiger partial charge in [0, 0.05) is 37.6 Å². The van der Waals surface area contributed by atoms with Crippen molar-refractivity contribution in [1.29, 1.82) is 0 Å². The van der Waals surface area contributed by atoms with E-state index in [0.29, 0.717) is 25.7 Å². The summed E-state index contributed by atoms with van der Waals surface area (Å²) in [4.78, 5) is 20.2. The highest BCUT2D eigenvalue weighted by atomic mass is 19.4. The molecule has 1 unspecified atom stereocenters. The first-order chi connectivity index (χ1) is 11.7. The number of hydrogen-bond acceptors (Lipinski definition) is 4. The minimum absolute atomic E-state index is 0.0347. The van der Waals surface area contributed by atoms with Crippen LogP contribution in [0, 0.1) is 0 Å². The molecule has 1 fully saturated rings. The number of H-pyrrole nitrogens is 1. The Kier molecular flexibility index (Phi) is 4.31. The smallest absolute Gasteiger partial charge is 0.373 e. The fourth-order valence-corrected chi connectivity index (χ4v) is 2.98. The van der Waals surface area contributed by atoms with Crippen molar-refractivity contribution in [2.24, 2.45) is 0 Å². The summed E-state index contributed by atoms with van der Waals surface area (Å²) in [6.45, 7) is 0.769. The lowest BCUT2D eigenvalue weighted by molar-refractivity contribution is -0.250. The van der Waals surface area contributed by atoms with Gasteiger partial charge in [-0.15, -0.1) is 0 Å². The Morgan fingerprint density at radius 2 is 2.00 bits per heavy atom. The van der Waals surface area contributed by atoms with Gasteiger partial charge in [0.25, 0.3) is 5.91 Å². The number of imidazole rings is 1. The van der Waals surface area contributed by atoms with Crippen LogP contribution in [0.2, 0.25) is 0 Å². The van der Waals surface area contributed by atoms with Crippen molar-refractivity contribution in [3.05, 3.63) is 30.4 Å². The number of nitrogens with zero attached hydrogens (tertiary/aromatic N) is 4. The molecular formula is C15H18F3N5O2. The molecule has 1 saturated heterocycles. The van der Waals surface area contributed by atoms with E-state index in [1.165, 1.54) is 0 Å². The molecule has 0 saturated carbocycles. The number of carbonyl (C=O) groups excluding carboxylic acids is 1. The van der Waals surface area contributed by atoms with E-state index >= 15 is 0 Å². The predicted octanol–water partition coefficient (Wildman–Crippen LogP) is 1.61. The molecule has 0 radical (unpaired) electrons. The number of hydrogen-bond donors (Lipinski definition) is 2. The number of carbonyl (C=O) groups is 1. The Morgan fingerprint density at radius 1 is 1.32 bits per heavy atom. The largest absolute Gasteiger partial charge is 0.426 e. The third-order valence-corrected chi connectivity index (χ3v) is 4.53. The van der Waals surface area contributed by atoms with Crippen LogP contribution in [0.25, 0.3) is 5.95 Å². The van der Waals surface area contributed by atoms with E-state index in [1.54, 1.807) is 23.3 Å². The highest BCUT2D eigenvalue weighted by Gasteiger charge is 2.57. The summed E-state index contributed by atoms with van der Waals surface area (Å²) < 4.78 is 40.1. The summed E-state index contributed by atoms with van der Waals surface area (Å²) in [5.41, 5.74) is -2.49. The van der Waals surface area contributed by atoms with Crippen molar-refractivity contribution in [3.8, 4) is 5.95 Å². The molecule has 7 nitrogen and oxygen atoms in total. The molecule has 0 bridgehead atoms. The minimum atomic E-state index is -5.00. The van der Waals surface area contributed by atoms with E-state index in [-0.39, 0.29) is 19.0 Å². The predicted molar refractivity (Wildman–Crippen MR) is 80.9 cm³/mol. The average Bonchev–Trinajstić information content (AvgIpc) is 3.24. The maximum Gasteiger partial charge on any atom is 0.426 e. The Labute approximate surface area is 141 Å². The van der Waals surface area contributed by atoms with Gasteiger partial charge < -0.3 is 15.0 Å². The molecule has 2 N–H and O–H groups in total. The van der Waals surface area contributed by atoms with E-state index in [1.807, 2.05) is 6.07 Å². The van der Waals surface area contributed by atoms with Crippen molar-refractivity contribution in [3.63, 3.8) is 0 Å². The number of piperidine rings is 1. The zero-order valence-corrected chi connectivity index (χ0v) is 13.5. The number of alkyl halides is 3. The molecule has 25 heavy (non-hydrogen) atoms. The number of halogens is 3. The van der Waals surface area contributed by atoms with E-state index < -0.39 is 17.7 Å². The number of aromatic amines is 1. The number of aromatic nitrogens is 4. The molecule has 0 spiro atoms.